The van der Waals surface area contributed by atoms with E-state index in [2.05, 4.69) is 16.0 Å². The number of nitrogens with zero attached hydrogens (tertiary/aromatic N) is 3. The molecule has 1 atom stereocenters. The highest BCUT2D eigenvalue weighted by Crippen LogP contribution is 2.32. The summed E-state index contributed by atoms with van der Waals surface area (Å²) in [5.41, 5.74) is 8.46. The van der Waals surface area contributed by atoms with Crippen LogP contribution in [-0.2, 0) is 0 Å². The quantitative estimate of drug-likeness (QED) is 0.599. The predicted octanol–water partition coefficient (Wildman–Crippen LogP) is 3.63. The van der Waals surface area contributed by atoms with Gasteiger partial charge in [-0.25, -0.2) is 8.78 Å². The first-order chi connectivity index (χ1) is 15.9. The Balaban J connectivity index is 1.31. The summed E-state index contributed by atoms with van der Waals surface area (Å²) in [5, 5.41) is 9.73. The number of nitrogens with one attached hydrogen (secondary N) is 1. The Morgan fingerprint density at radius 1 is 1.06 bits per heavy atom. The number of halogens is 2. The van der Waals surface area contributed by atoms with Gasteiger partial charge in [0.2, 0.25) is 0 Å². The topological polar surface area (TPSA) is 89.2 Å². The van der Waals surface area contributed by atoms with Gasteiger partial charge >= 0.3 is 0 Å². The molecule has 3 N–H and O–H groups in total. The van der Waals surface area contributed by atoms with Gasteiger partial charge in [-0.1, -0.05) is 6.08 Å². The van der Waals surface area contributed by atoms with E-state index in [0.29, 0.717) is 35.4 Å². The van der Waals surface area contributed by atoms with Gasteiger partial charge in [-0.3, -0.25) is 9.69 Å². The highest BCUT2D eigenvalue weighted by molar-refractivity contribution is 5.94. The molecule has 0 amide bonds. The summed E-state index contributed by atoms with van der Waals surface area (Å²) in [5.74, 6) is -0.900. The highest BCUT2D eigenvalue weighted by Gasteiger charge is 2.28. The van der Waals surface area contributed by atoms with E-state index >= 15 is 0 Å². The maximum Gasteiger partial charge on any atom is 0.256 e. The van der Waals surface area contributed by atoms with E-state index in [1.54, 1.807) is 12.1 Å². The van der Waals surface area contributed by atoms with Crippen molar-refractivity contribution in [2.75, 3.05) is 36.8 Å². The normalized spacial score (nSPS) is 19.0. The third kappa shape index (κ3) is 3.96. The monoisotopic (exact) mass is 447 g/mol. The first-order valence-corrected chi connectivity index (χ1v) is 10.9. The van der Waals surface area contributed by atoms with Crippen molar-refractivity contribution in [3.63, 3.8) is 0 Å². The van der Waals surface area contributed by atoms with Crippen molar-refractivity contribution in [3.8, 4) is 6.07 Å². The number of fused-ring (bicyclic) bond motifs is 1. The Bertz CT molecular complexity index is 1370. The number of nitrogen functional groups attached to an aromatic ring is 1. The first kappa shape index (κ1) is 21.2. The van der Waals surface area contributed by atoms with Crippen LogP contribution in [0.4, 0.5) is 20.2 Å². The average molecular weight is 447 g/mol. The van der Waals surface area contributed by atoms with E-state index < -0.39 is 5.82 Å². The smallest absolute Gasteiger partial charge is 0.256 e. The van der Waals surface area contributed by atoms with Gasteiger partial charge in [0.25, 0.3) is 5.56 Å². The van der Waals surface area contributed by atoms with Gasteiger partial charge in [-0.05, 0) is 54.8 Å². The highest BCUT2D eigenvalue weighted by atomic mass is 19.1. The standard InChI is InChI=1S/C25H23F2N5O/c26-17-11-20-19(22(29)12-17)13-23(30-25(20)33)16-2-3-18(10-16)31-5-7-32(8-6-31)24-4-1-15(14-28)9-21(24)27/h1,4,9-13,18H,2-3,5-8,29H2,(H,30,33)/t18-/m1/s1. The molecule has 1 saturated heterocycles. The number of allylic oxidation sites excluding steroid dienone is 1. The van der Waals surface area contributed by atoms with E-state index in [4.69, 9.17) is 11.0 Å². The van der Waals surface area contributed by atoms with Gasteiger partial charge in [0.15, 0.2) is 0 Å². The second-order valence-corrected chi connectivity index (χ2v) is 8.57. The molecule has 2 heterocycles. The SMILES string of the molecule is N#Cc1ccc(N2CCN([C@H]3C=C(c4cc5c(N)cc(F)cc5c(=O)[nH]4)CC3)CC2)c(F)c1. The largest absolute Gasteiger partial charge is 0.398 e. The molecule has 0 spiro atoms. The molecule has 0 bridgehead atoms. The second kappa shape index (κ2) is 8.34. The lowest BCUT2D eigenvalue weighted by molar-refractivity contribution is 0.214. The number of benzene rings is 2. The predicted molar refractivity (Wildman–Crippen MR) is 125 cm³/mol. The number of hydrogen-bond donors (Lipinski definition) is 2. The number of nitriles is 1. The minimum Gasteiger partial charge on any atom is -0.398 e. The summed E-state index contributed by atoms with van der Waals surface area (Å²) in [6.45, 7) is 2.96. The number of piperazine rings is 1. The molecule has 6 nitrogen and oxygen atoms in total. The van der Waals surface area contributed by atoms with Gasteiger partial charge in [0.1, 0.15) is 11.6 Å². The van der Waals surface area contributed by atoms with Crippen molar-refractivity contribution >= 4 is 27.7 Å². The zero-order valence-electron chi connectivity index (χ0n) is 17.9. The van der Waals surface area contributed by atoms with Crippen molar-refractivity contribution < 1.29 is 8.78 Å². The fraction of sp³-hybridized carbons (Fsp3) is 0.280. The molecule has 0 saturated carbocycles. The number of hydrogen-bond acceptors (Lipinski definition) is 5. The summed E-state index contributed by atoms with van der Waals surface area (Å²) >= 11 is 0. The van der Waals surface area contributed by atoms with Crippen LogP contribution >= 0.6 is 0 Å². The molecular weight excluding hydrogens is 424 g/mol. The lowest BCUT2D eigenvalue weighted by atomic mass is 10.1. The molecule has 2 aromatic carbocycles. The van der Waals surface area contributed by atoms with Gasteiger partial charge < -0.3 is 15.6 Å². The molecule has 1 aromatic heterocycles. The fourth-order valence-electron chi connectivity index (χ4n) is 4.87. The summed E-state index contributed by atoms with van der Waals surface area (Å²) in [4.78, 5) is 19.8. The average Bonchev–Trinajstić information content (AvgIpc) is 3.30. The van der Waals surface area contributed by atoms with Gasteiger partial charge in [-0.2, -0.15) is 5.26 Å². The Hall–Kier alpha value is -3.70. The summed E-state index contributed by atoms with van der Waals surface area (Å²) < 4.78 is 28.0. The molecule has 1 aliphatic carbocycles. The minimum atomic E-state index is -0.529. The lowest BCUT2D eigenvalue weighted by Crippen LogP contribution is -2.49. The molecule has 5 rings (SSSR count). The summed E-state index contributed by atoms with van der Waals surface area (Å²) in [7, 11) is 0. The Morgan fingerprint density at radius 2 is 1.85 bits per heavy atom. The number of aromatic nitrogens is 1. The van der Waals surface area contributed by atoms with Gasteiger partial charge in [0.05, 0.1) is 22.7 Å². The zero-order chi connectivity index (χ0) is 23.1. The van der Waals surface area contributed by atoms with Crippen LogP contribution in [-0.4, -0.2) is 42.1 Å². The molecule has 1 fully saturated rings. The third-order valence-corrected chi connectivity index (χ3v) is 6.61. The summed E-state index contributed by atoms with van der Waals surface area (Å²) in [6.07, 6.45) is 3.92. The van der Waals surface area contributed by atoms with Crippen LogP contribution in [0.2, 0.25) is 0 Å². The maximum absolute atomic E-state index is 14.4. The minimum absolute atomic E-state index is 0.234. The van der Waals surface area contributed by atoms with Crippen LogP contribution in [0.25, 0.3) is 16.3 Å². The van der Waals surface area contributed by atoms with Crippen LogP contribution in [0.15, 0.2) is 47.3 Å². The number of H-pyrrole nitrogens is 1. The van der Waals surface area contributed by atoms with Crippen LogP contribution in [0.1, 0.15) is 24.1 Å². The number of rotatable bonds is 3. The van der Waals surface area contributed by atoms with Crippen LogP contribution < -0.4 is 16.2 Å². The van der Waals surface area contributed by atoms with Gasteiger partial charge in [-0.15, -0.1) is 0 Å². The van der Waals surface area contributed by atoms with Crippen LogP contribution in [0, 0.1) is 23.0 Å². The van der Waals surface area contributed by atoms with E-state index in [9.17, 15) is 13.6 Å². The summed E-state index contributed by atoms with van der Waals surface area (Å²) in [6, 6.07) is 11.0. The Labute approximate surface area is 189 Å². The first-order valence-electron chi connectivity index (χ1n) is 10.9. The number of pyridine rings is 1. The molecule has 0 unspecified atom stereocenters. The number of anilines is 2. The maximum atomic E-state index is 14.4. The van der Waals surface area contributed by atoms with E-state index in [-0.39, 0.29) is 28.5 Å². The third-order valence-electron chi connectivity index (χ3n) is 6.61. The molecule has 0 radical (unpaired) electrons. The van der Waals surface area contributed by atoms with Crippen molar-refractivity contribution in [1.29, 1.82) is 5.26 Å². The molecule has 1 aliphatic heterocycles. The molecule has 168 valence electrons. The van der Waals surface area contributed by atoms with Gasteiger partial charge in [0, 0.05) is 49.0 Å². The van der Waals surface area contributed by atoms with E-state index in [1.807, 2.05) is 17.0 Å². The fourth-order valence-corrected chi connectivity index (χ4v) is 4.87. The molecular formula is C25H23F2N5O. The number of nitrogens with two attached hydrogens (primary N) is 1. The van der Waals surface area contributed by atoms with Crippen LogP contribution in [0.5, 0.6) is 0 Å². The zero-order valence-corrected chi connectivity index (χ0v) is 17.9. The van der Waals surface area contributed by atoms with Crippen LogP contribution in [0.3, 0.4) is 0 Å². The van der Waals surface area contributed by atoms with Crippen molar-refractivity contribution in [2.24, 2.45) is 0 Å². The van der Waals surface area contributed by atoms with Crippen molar-refractivity contribution in [1.82, 2.24) is 9.88 Å². The lowest BCUT2D eigenvalue weighted by Gasteiger charge is -2.38. The Morgan fingerprint density at radius 3 is 2.58 bits per heavy atom. The molecule has 3 aromatic rings. The Kier molecular flexibility index (Phi) is 5.35. The second-order valence-electron chi connectivity index (χ2n) is 8.57. The molecule has 33 heavy (non-hydrogen) atoms. The molecule has 8 heteroatoms. The van der Waals surface area contributed by atoms with Crippen molar-refractivity contribution in [3.05, 3.63) is 75.7 Å². The van der Waals surface area contributed by atoms with Crippen molar-refractivity contribution in [2.45, 2.75) is 18.9 Å². The van der Waals surface area contributed by atoms with E-state index in [0.717, 1.165) is 31.5 Å². The van der Waals surface area contributed by atoms with E-state index in [1.165, 1.54) is 18.2 Å². The molecule has 2 aliphatic rings. The number of aromatic amines is 1.